The summed E-state index contributed by atoms with van der Waals surface area (Å²) in [6.45, 7) is 5.73. The van der Waals surface area contributed by atoms with Crippen LogP contribution in [0.25, 0.3) is 0 Å². The molecule has 0 unspecified atom stereocenters. The van der Waals surface area contributed by atoms with Gasteiger partial charge in [-0.3, -0.25) is 4.90 Å². The second kappa shape index (κ2) is 8.09. The van der Waals surface area contributed by atoms with Gasteiger partial charge in [0, 0.05) is 25.1 Å². The number of hydrogen-bond acceptors (Lipinski definition) is 2. The van der Waals surface area contributed by atoms with Gasteiger partial charge in [0.15, 0.2) is 0 Å². The van der Waals surface area contributed by atoms with E-state index in [1.165, 1.54) is 31.4 Å². The number of rotatable bonds is 6. The lowest BCUT2D eigenvalue weighted by atomic mass is 9.85. The fraction of sp³-hybridized carbons (Fsp3) is 0.556. The smallest absolute Gasteiger partial charge is 0.0540 e. The quantitative estimate of drug-likeness (QED) is 0.804. The van der Waals surface area contributed by atoms with E-state index in [0.717, 1.165) is 24.6 Å². The van der Waals surface area contributed by atoms with Crippen LogP contribution in [0.1, 0.15) is 43.7 Å². The summed E-state index contributed by atoms with van der Waals surface area (Å²) in [7, 11) is 0. The van der Waals surface area contributed by atoms with Crippen LogP contribution in [0.3, 0.4) is 0 Å². The molecule has 0 saturated heterocycles. The lowest BCUT2D eigenvalue weighted by Gasteiger charge is -2.31. The average Bonchev–Trinajstić information content (AvgIpc) is 2.42. The van der Waals surface area contributed by atoms with E-state index < -0.39 is 0 Å². The zero-order valence-corrected chi connectivity index (χ0v) is 12.4. The molecule has 1 aromatic carbocycles. The highest BCUT2D eigenvalue weighted by Gasteiger charge is 2.19. The Kier molecular flexibility index (Phi) is 6.11. The molecule has 1 N–H and O–H groups in total. The van der Waals surface area contributed by atoms with Gasteiger partial charge in [-0.15, -0.1) is 0 Å². The van der Waals surface area contributed by atoms with E-state index in [0.29, 0.717) is 6.42 Å². The summed E-state index contributed by atoms with van der Waals surface area (Å²) in [4.78, 5) is 2.53. The van der Waals surface area contributed by atoms with Crippen LogP contribution in [0.5, 0.6) is 0 Å². The molecule has 0 heterocycles. The molecule has 1 aromatic rings. The van der Waals surface area contributed by atoms with Gasteiger partial charge in [-0.2, -0.15) is 0 Å². The van der Waals surface area contributed by atoms with Crippen molar-refractivity contribution >= 4 is 0 Å². The van der Waals surface area contributed by atoms with Gasteiger partial charge in [-0.05, 0) is 43.0 Å². The molecule has 0 bridgehead atoms. The first kappa shape index (κ1) is 15.1. The molecule has 2 heteroatoms. The van der Waals surface area contributed by atoms with Crippen LogP contribution < -0.4 is 0 Å². The Hall–Kier alpha value is -1.30. The minimum atomic E-state index is 0.137. The lowest BCUT2D eigenvalue weighted by Crippen LogP contribution is -2.32. The molecule has 0 aliphatic heterocycles. The summed E-state index contributed by atoms with van der Waals surface area (Å²) in [5, 5.41) is 8.75. The molecule has 1 saturated carbocycles. The second-order valence-corrected chi connectivity index (χ2v) is 5.60. The zero-order valence-electron chi connectivity index (χ0n) is 12.4. The molecular formula is C18H25NO. The molecule has 0 atom stereocenters. The Morgan fingerprint density at radius 1 is 1.35 bits per heavy atom. The Bertz CT molecular complexity index is 468. The molecule has 2 rings (SSSR count). The fourth-order valence-electron chi connectivity index (χ4n) is 2.57. The minimum Gasteiger partial charge on any atom is -0.395 e. The van der Waals surface area contributed by atoms with E-state index in [1.807, 2.05) is 6.07 Å². The van der Waals surface area contributed by atoms with Crippen LogP contribution in [0, 0.1) is 17.8 Å². The maximum absolute atomic E-state index is 8.75. The molecule has 0 spiro atoms. The number of hydrogen-bond donors (Lipinski definition) is 1. The first-order chi connectivity index (χ1) is 9.81. The highest BCUT2D eigenvalue weighted by Crippen LogP contribution is 2.27. The van der Waals surface area contributed by atoms with Gasteiger partial charge in [0.25, 0.3) is 0 Å². The molecule has 1 aliphatic carbocycles. The fourth-order valence-corrected chi connectivity index (χ4v) is 2.57. The highest BCUT2D eigenvalue weighted by molar-refractivity contribution is 5.37. The van der Waals surface area contributed by atoms with Crippen LogP contribution in [-0.2, 0) is 6.54 Å². The van der Waals surface area contributed by atoms with Crippen molar-refractivity contribution < 1.29 is 5.11 Å². The highest BCUT2D eigenvalue weighted by atomic mass is 16.2. The zero-order chi connectivity index (χ0) is 14.2. The van der Waals surface area contributed by atoms with Crippen LogP contribution in [0.2, 0.25) is 0 Å². The van der Waals surface area contributed by atoms with E-state index in [4.69, 9.17) is 5.11 Å². The first-order valence-electron chi connectivity index (χ1n) is 7.73. The minimum absolute atomic E-state index is 0.137. The summed E-state index contributed by atoms with van der Waals surface area (Å²) in [6, 6.07) is 8.47. The molecule has 0 aromatic heterocycles. The number of aliphatic hydroxyl groups is 1. The van der Waals surface area contributed by atoms with Gasteiger partial charge < -0.3 is 5.11 Å². The average molecular weight is 271 g/mol. The van der Waals surface area contributed by atoms with Gasteiger partial charge in [0.2, 0.25) is 0 Å². The lowest BCUT2D eigenvalue weighted by molar-refractivity contribution is 0.178. The summed E-state index contributed by atoms with van der Waals surface area (Å²) in [6.07, 6.45) is 4.78. The van der Waals surface area contributed by atoms with Gasteiger partial charge in [-0.25, -0.2) is 0 Å². The van der Waals surface area contributed by atoms with Gasteiger partial charge >= 0.3 is 0 Å². The Labute approximate surface area is 122 Å². The summed E-state index contributed by atoms with van der Waals surface area (Å²) < 4.78 is 0. The van der Waals surface area contributed by atoms with Gasteiger partial charge in [-0.1, -0.05) is 37.3 Å². The largest absolute Gasteiger partial charge is 0.395 e. The van der Waals surface area contributed by atoms with Crippen molar-refractivity contribution in [3.63, 3.8) is 0 Å². The van der Waals surface area contributed by atoms with Crippen molar-refractivity contribution in [2.24, 2.45) is 5.92 Å². The molecule has 108 valence electrons. The third kappa shape index (κ3) is 4.67. The SMILES string of the molecule is CCN(Cc1cccc(C#CCCO)c1)CC1CCC1. The number of nitrogens with zero attached hydrogens (tertiary/aromatic N) is 1. The van der Waals surface area contributed by atoms with E-state index in [1.54, 1.807) is 0 Å². The second-order valence-electron chi connectivity index (χ2n) is 5.60. The summed E-state index contributed by atoms with van der Waals surface area (Å²) in [5.74, 6) is 7.01. The van der Waals surface area contributed by atoms with Crippen LogP contribution in [-0.4, -0.2) is 29.7 Å². The predicted octanol–water partition coefficient (Wildman–Crippen LogP) is 3.04. The van der Waals surface area contributed by atoms with Crippen molar-refractivity contribution in [1.29, 1.82) is 0 Å². The molecule has 0 amide bonds. The van der Waals surface area contributed by atoms with Crippen molar-refractivity contribution in [1.82, 2.24) is 4.90 Å². The third-order valence-electron chi connectivity index (χ3n) is 3.99. The van der Waals surface area contributed by atoms with Crippen LogP contribution in [0.15, 0.2) is 24.3 Å². The van der Waals surface area contributed by atoms with E-state index in [9.17, 15) is 0 Å². The maximum Gasteiger partial charge on any atom is 0.0540 e. The maximum atomic E-state index is 8.75. The number of benzene rings is 1. The summed E-state index contributed by atoms with van der Waals surface area (Å²) in [5.41, 5.74) is 2.39. The molecular weight excluding hydrogens is 246 g/mol. The standard InChI is InChI=1S/C18H25NO/c1-2-19(14-17-9-6-10-17)15-18-11-5-8-16(13-18)7-3-4-12-20/h5,8,11,13,17,20H,2,4,6,9-10,12,14-15H2,1H3. The topological polar surface area (TPSA) is 23.5 Å². The van der Waals surface area contributed by atoms with Crippen molar-refractivity contribution in [3.8, 4) is 11.8 Å². The van der Waals surface area contributed by atoms with Gasteiger partial charge in [0.1, 0.15) is 0 Å². The molecule has 0 radical (unpaired) electrons. The first-order valence-corrected chi connectivity index (χ1v) is 7.73. The van der Waals surface area contributed by atoms with Gasteiger partial charge in [0.05, 0.1) is 6.61 Å². The molecule has 20 heavy (non-hydrogen) atoms. The van der Waals surface area contributed by atoms with Crippen LogP contribution in [0.4, 0.5) is 0 Å². The normalized spacial score (nSPS) is 14.8. The van der Waals surface area contributed by atoms with Crippen molar-refractivity contribution in [2.75, 3.05) is 19.7 Å². The van der Waals surface area contributed by atoms with E-state index >= 15 is 0 Å². The third-order valence-corrected chi connectivity index (χ3v) is 3.99. The predicted molar refractivity (Wildman–Crippen MR) is 83.3 cm³/mol. The van der Waals surface area contributed by atoms with E-state index in [-0.39, 0.29) is 6.61 Å². The van der Waals surface area contributed by atoms with Crippen LogP contribution >= 0.6 is 0 Å². The Balaban J connectivity index is 1.93. The molecule has 2 nitrogen and oxygen atoms in total. The monoisotopic (exact) mass is 271 g/mol. The van der Waals surface area contributed by atoms with Crippen molar-refractivity contribution in [3.05, 3.63) is 35.4 Å². The molecule has 1 aliphatic rings. The Morgan fingerprint density at radius 2 is 2.20 bits per heavy atom. The number of aliphatic hydroxyl groups excluding tert-OH is 1. The Morgan fingerprint density at radius 3 is 2.85 bits per heavy atom. The van der Waals surface area contributed by atoms with Crippen molar-refractivity contribution in [2.45, 2.75) is 39.2 Å². The molecule has 1 fully saturated rings. The van der Waals surface area contributed by atoms with E-state index in [2.05, 4.69) is 41.9 Å². The summed E-state index contributed by atoms with van der Waals surface area (Å²) >= 11 is 0.